The molecule has 3 nitrogen and oxygen atoms in total. The number of carbonyl (C=O) groups excluding carboxylic acids is 1. The van der Waals surface area contributed by atoms with Gasteiger partial charge in [0.05, 0.1) is 22.8 Å². The molecule has 16 heavy (non-hydrogen) atoms. The van der Waals surface area contributed by atoms with E-state index < -0.39 is 0 Å². The van der Waals surface area contributed by atoms with Gasteiger partial charge in [-0.25, -0.2) is 0 Å². The van der Waals surface area contributed by atoms with E-state index in [1.807, 2.05) is 28.8 Å². The first-order valence-electron chi connectivity index (χ1n) is 4.80. The smallest absolute Gasteiger partial charge is 0.152 e. The highest BCUT2D eigenvalue weighted by atomic mass is 79.9. The Morgan fingerprint density at radius 3 is 3.00 bits per heavy atom. The van der Waals surface area contributed by atoms with Crippen LogP contribution in [0.1, 0.15) is 10.4 Å². The summed E-state index contributed by atoms with van der Waals surface area (Å²) in [6.45, 7) is 0. The van der Waals surface area contributed by atoms with Gasteiger partial charge < -0.3 is 4.40 Å². The van der Waals surface area contributed by atoms with Gasteiger partial charge in [-0.2, -0.15) is 0 Å². The van der Waals surface area contributed by atoms with Crippen LogP contribution >= 0.6 is 15.9 Å². The molecule has 0 saturated carbocycles. The molecule has 0 aliphatic heterocycles. The van der Waals surface area contributed by atoms with Crippen molar-refractivity contribution in [2.45, 2.75) is 0 Å². The maximum atomic E-state index is 11.2. The minimum atomic E-state index is 0.676. The van der Waals surface area contributed by atoms with Gasteiger partial charge in [-0.1, -0.05) is 22.0 Å². The standard InChI is InChI=1S/C12H7BrN2O/c13-9-2-1-3-10-12(9)8(7-16)11-6-14-4-5-15(10)11/h1-7H. The summed E-state index contributed by atoms with van der Waals surface area (Å²) in [7, 11) is 0. The first-order valence-corrected chi connectivity index (χ1v) is 5.59. The fraction of sp³-hybridized carbons (Fsp3) is 0. The molecule has 0 bridgehead atoms. The summed E-state index contributed by atoms with van der Waals surface area (Å²) in [6, 6.07) is 5.87. The minimum absolute atomic E-state index is 0.676. The molecule has 0 saturated heterocycles. The van der Waals surface area contributed by atoms with Crippen molar-refractivity contribution in [3.05, 3.63) is 46.8 Å². The van der Waals surface area contributed by atoms with E-state index in [1.54, 1.807) is 12.4 Å². The molecule has 3 aromatic rings. The largest absolute Gasteiger partial charge is 0.313 e. The maximum absolute atomic E-state index is 11.2. The molecule has 0 N–H and O–H groups in total. The number of benzene rings is 1. The number of hydrogen-bond donors (Lipinski definition) is 0. The summed E-state index contributed by atoms with van der Waals surface area (Å²) >= 11 is 3.47. The molecule has 2 heterocycles. The summed E-state index contributed by atoms with van der Waals surface area (Å²) in [5.74, 6) is 0. The SMILES string of the molecule is O=Cc1c2c(Br)cccc2n2ccncc12. The molecule has 4 heteroatoms. The number of nitrogens with zero attached hydrogens (tertiary/aromatic N) is 2. The van der Waals surface area contributed by atoms with Crippen molar-refractivity contribution in [3.8, 4) is 0 Å². The predicted molar refractivity (Wildman–Crippen MR) is 65.8 cm³/mol. The fourth-order valence-corrected chi connectivity index (χ4v) is 2.57. The molecule has 0 amide bonds. The van der Waals surface area contributed by atoms with Crippen LogP contribution in [-0.4, -0.2) is 15.7 Å². The predicted octanol–water partition coefficient (Wildman–Crippen LogP) is 3.06. The summed E-state index contributed by atoms with van der Waals surface area (Å²) < 4.78 is 2.90. The van der Waals surface area contributed by atoms with Crippen molar-refractivity contribution in [1.29, 1.82) is 0 Å². The Morgan fingerprint density at radius 1 is 1.31 bits per heavy atom. The Hall–Kier alpha value is -1.68. The number of rotatable bonds is 1. The number of halogens is 1. The minimum Gasteiger partial charge on any atom is -0.313 e. The van der Waals surface area contributed by atoms with Crippen LogP contribution in [0.25, 0.3) is 16.4 Å². The average molecular weight is 275 g/mol. The lowest BCUT2D eigenvalue weighted by atomic mass is 10.2. The molecular formula is C12H7BrN2O. The zero-order chi connectivity index (χ0) is 11.1. The third kappa shape index (κ3) is 1.13. The van der Waals surface area contributed by atoms with Gasteiger partial charge in [0.1, 0.15) is 0 Å². The third-order valence-corrected chi connectivity index (χ3v) is 3.33. The summed E-state index contributed by atoms with van der Waals surface area (Å²) in [6.07, 6.45) is 6.15. The van der Waals surface area contributed by atoms with Gasteiger partial charge in [-0.3, -0.25) is 9.78 Å². The number of aromatic nitrogens is 2. The molecule has 0 atom stereocenters. The Labute approximate surface area is 99.8 Å². The van der Waals surface area contributed by atoms with Crippen molar-refractivity contribution in [2.24, 2.45) is 0 Å². The van der Waals surface area contributed by atoms with Gasteiger partial charge in [0, 0.05) is 22.3 Å². The maximum Gasteiger partial charge on any atom is 0.152 e. The molecule has 0 fully saturated rings. The van der Waals surface area contributed by atoms with E-state index in [-0.39, 0.29) is 0 Å². The van der Waals surface area contributed by atoms with Gasteiger partial charge >= 0.3 is 0 Å². The van der Waals surface area contributed by atoms with Gasteiger partial charge in [-0.05, 0) is 12.1 Å². The van der Waals surface area contributed by atoms with Gasteiger partial charge in [0.2, 0.25) is 0 Å². The first kappa shape index (κ1) is 9.54. The molecule has 1 aromatic carbocycles. The van der Waals surface area contributed by atoms with Crippen molar-refractivity contribution < 1.29 is 4.79 Å². The van der Waals surface area contributed by atoms with E-state index in [0.29, 0.717) is 5.56 Å². The van der Waals surface area contributed by atoms with E-state index in [9.17, 15) is 4.79 Å². The molecular weight excluding hydrogens is 268 g/mol. The number of fused-ring (bicyclic) bond motifs is 3. The van der Waals surface area contributed by atoms with Crippen LogP contribution in [0.15, 0.2) is 41.3 Å². The van der Waals surface area contributed by atoms with Crippen molar-refractivity contribution >= 4 is 38.6 Å². The molecule has 0 aliphatic carbocycles. The van der Waals surface area contributed by atoms with Gasteiger partial charge in [0.25, 0.3) is 0 Å². The van der Waals surface area contributed by atoms with Crippen molar-refractivity contribution in [3.63, 3.8) is 0 Å². The molecule has 0 radical (unpaired) electrons. The summed E-state index contributed by atoms with van der Waals surface area (Å²) in [4.78, 5) is 15.2. The number of aldehydes is 1. The van der Waals surface area contributed by atoms with Crippen LogP contribution in [-0.2, 0) is 0 Å². The van der Waals surface area contributed by atoms with Gasteiger partial charge in [0.15, 0.2) is 6.29 Å². The lowest BCUT2D eigenvalue weighted by molar-refractivity contribution is 0.112. The highest BCUT2D eigenvalue weighted by Crippen LogP contribution is 2.30. The van der Waals surface area contributed by atoms with Crippen LogP contribution in [0.5, 0.6) is 0 Å². The molecule has 0 aliphatic rings. The van der Waals surface area contributed by atoms with E-state index in [2.05, 4.69) is 20.9 Å². The molecule has 0 unspecified atom stereocenters. The monoisotopic (exact) mass is 274 g/mol. The Bertz CT molecular complexity index is 703. The Morgan fingerprint density at radius 2 is 2.19 bits per heavy atom. The lowest BCUT2D eigenvalue weighted by Gasteiger charge is -1.95. The van der Waals surface area contributed by atoms with Crippen LogP contribution in [0.4, 0.5) is 0 Å². The topological polar surface area (TPSA) is 34.4 Å². The van der Waals surface area contributed by atoms with Crippen LogP contribution < -0.4 is 0 Å². The highest BCUT2D eigenvalue weighted by molar-refractivity contribution is 9.10. The van der Waals surface area contributed by atoms with E-state index in [4.69, 9.17) is 0 Å². The zero-order valence-electron chi connectivity index (χ0n) is 8.22. The molecule has 3 rings (SSSR count). The van der Waals surface area contributed by atoms with Gasteiger partial charge in [-0.15, -0.1) is 0 Å². The number of hydrogen-bond acceptors (Lipinski definition) is 2. The van der Waals surface area contributed by atoms with E-state index in [0.717, 1.165) is 27.2 Å². The van der Waals surface area contributed by atoms with Crippen LogP contribution in [0.2, 0.25) is 0 Å². The fourth-order valence-electron chi connectivity index (χ4n) is 2.00. The second kappa shape index (κ2) is 3.42. The second-order valence-corrected chi connectivity index (χ2v) is 4.35. The second-order valence-electron chi connectivity index (χ2n) is 3.50. The zero-order valence-corrected chi connectivity index (χ0v) is 9.81. The average Bonchev–Trinajstić information content (AvgIpc) is 2.65. The summed E-state index contributed by atoms with van der Waals surface area (Å²) in [5, 5.41) is 0.936. The quantitative estimate of drug-likeness (QED) is 0.640. The first-order chi connectivity index (χ1) is 7.83. The molecule has 78 valence electrons. The lowest BCUT2D eigenvalue weighted by Crippen LogP contribution is -1.84. The van der Waals surface area contributed by atoms with Crippen molar-refractivity contribution in [2.75, 3.05) is 0 Å². The van der Waals surface area contributed by atoms with Crippen LogP contribution in [0.3, 0.4) is 0 Å². The van der Waals surface area contributed by atoms with Crippen LogP contribution in [0, 0.1) is 0 Å². The molecule has 2 aromatic heterocycles. The van der Waals surface area contributed by atoms with E-state index in [1.165, 1.54) is 0 Å². The highest BCUT2D eigenvalue weighted by Gasteiger charge is 2.12. The number of carbonyl (C=O) groups is 1. The Kier molecular flexibility index (Phi) is 2.04. The normalized spacial score (nSPS) is 11.1. The molecule has 0 spiro atoms. The Balaban J connectivity index is 2.70. The third-order valence-electron chi connectivity index (χ3n) is 2.67. The summed E-state index contributed by atoms with van der Waals surface area (Å²) in [5.41, 5.74) is 2.52. The van der Waals surface area contributed by atoms with E-state index >= 15 is 0 Å². The van der Waals surface area contributed by atoms with Crippen molar-refractivity contribution in [1.82, 2.24) is 9.38 Å².